The van der Waals surface area contributed by atoms with E-state index < -0.39 is 5.60 Å². The van der Waals surface area contributed by atoms with Crippen LogP contribution in [0.2, 0.25) is 0 Å². The maximum absolute atomic E-state index is 11.7. The van der Waals surface area contributed by atoms with Crippen LogP contribution in [0.4, 0.5) is 4.79 Å². The summed E-state index contributed by atoms with van der Waals surface area (Å²) in [6.45, 7) is 8.00. The maximum atomic E-state index is 11.7. The van der Waals surface area contributed by atoms with E-state index in [-0.39, 0.29) is 12.1 Å². The molecule has 2 rings (SSSR count). The molecular formula is C15H26N4O3. The molecule has 1 fully saturated rings. The predicted molar refractivity (Wildman–Crippen MR) is 81.3 cm³/mol. The van der Waals surface area contributed by atoms with Crippen molar-refractivity contribution in [3.05, 3.63) is 11.7 Å². The second-order valence-corrected chi connectivity index (χ2v) is 6.81. The third-order valence-electron chi connectivity index (χ3n) is 3.56. The molecule has 1 aromatic heterocycles. The lowest BCUT2D eigenvalue weighted by atomic mass is 9.91. The molecule has 124 valence electrons. The molecule has 0 aromatic carbocycles. The van der Waals surface area contributed by atoms with Gasteiger partial charge in [0.2, 0.25) is 5.89 Å². The topological polar surface area (TPSA) is 89.3 Å². The SMILES string of the molecule is Cc1noc(CNC2CCC(NC(=O)OC(C)(C)C)CC2)n1. The van der Waals surface area contributed by atoms with Crippen LogP contribution in [0.1, 0.15) is 58.2 Å². The quantitative estimate of drug-likeness (QED) is 0.887. The summed E-state index contributed by atoms with van der Waals surface area (Å²) in [5.41, 5.74) is -0.453. The highest BCUT2D eigenvalue weighted by Gasteiger charge is 2.24. The fourth-order valence-corrected chi connectivity index (χ4v) is 2.56. The van der Waals surface area contributed by atoms with Crippen LogP contribution in [0.3, 0.4) is 0 Å². The lowest BCUT2D eigenvalue weighted by Crippen LogP contribution is -2.43. The third-order valence-corrected chi connectivity index (χ3v) is 3.56. The van der Waals surface area contributed by atoms with Crippen molar-refractivity contribution in [2.24, 2.45) is 0 Å². The van der Waals surface area contributed by atoms with E-state index in [9.17, 15) is 4.79 Å². The maximum Gasteiger partial charge on any atom is 0.407 e. The highest BCUT2D eigenvalue weighted by Crippen LogP contribution is 2.19. The van der Waals surface area contributed by atoms with E-state index in [2.05, 4.69) is 20.8 Å². The smallest absolute Gasteiger partial charge is 0.407 e. The molecule has 0 atom stereocenters. The third kappa shape index (κ3) is 5.63. The molecule has 1 aliphatic carbocycles. The fraction of sp³-hybridized carbons (Fsp3) is 0.800. The van der Waals surface area contributed by atoms with E-state index in [1.54, 1.807) is 6.92 Å². The summed E-state index contributed by atoms with van der Waals surface area (Å²) in [6, 6.07) is 0.613. The van der Waals surface area contributed by atoms with Gasteiger partial charge in [0, 0.05) is 12.1 Å². The Labute approximate surface area is 131 Å². The molecule has 1 aliphatic rings. The summed E-state index contributed by atoms with van der Waals surface area (Å²) in [5.74, 6) is 1.27. The first-order valence-corrected chi connectivity index (χ1v) is 7.84. The summed E-state index contributed by atoms with van der Waals surface area (Å²) < 4.78 is 10.4. The molecule has 1 heterocycles. The first kappa shape index (κ1) is 16.7. The van der Waals surface area contributed by atoms with Crippen molar-refractivity contribution in [1.82, 2.24) is 20.8 Å². The second kappa shape index (κ2) is 7.09. The molecule has 0 radical (unpaired) electrons. The van der Waals surface area contributed by atoms with Gasteiger partial charge in [-0.15, -0.1) is 0 Å². The van der Waals surface area contributed by atoms with Crippen molar-refractivity contribution in [1.29, 1.82) is 0 Å². The number of aryl methyl sites for hydroxylation is 1. The molecule has 7 heteroatoms. The van der Waals surface area contributed by atoms with Gasteiger partial charge >= 0.3 is 6.09 Å². The van der Waals surface area contributed by atoms with Crippen LogP contribution in [0.25, 0.3) is 0 Å². The number of rotatable bonds is 4. The largest absolute Gasteiger partial charge is 0.444 e. The van der Waals surface area contributed by atoms with Crippen LogP contribution in [0.5, 0.6) is 0 Å². The molecule has 1 saturated carbocycles. The molecule has 1 amide bonds. The highest BCUT2D eigenvalue weighted by molar-refractivity contribution is 5.68. The molecule has 7 nitrogen and oxygen atoms in total. The number of carbonyl (C=O) groups excluding carboxylic acids is 1. The van der Waals surface area contributed by atoms with Gasteiger partial charge in [-0.25, -0.2) is 4.79 Å². The zero-order valence-corrected chi connectivity index (χ0v) is 13.8. The van der Waals surface area contributed by atoms with Gasteiger partial charge in [0.25, 0.3) is 0 Å². The lowest BCUT2D eigenvalue weighted by molar-refractivity contribution is 0.0489. The van der Waals surface area contributed by atoms with Gasteiger partial charge in [0.15, 0.2) is 5.82 Å². The summed E-state index contributed by atoms with van der Waals surface area (Å²) >= 11 is 0. The van der Waals surface area contributed by atoms with Crippen molar-refractivity contribution < 1.29 is 14.1 Å². The zero-order valence-electron chi connectivity index (χ0n) is 13.8. The Hall–Kier alpha value is -1.63. The number of amides is 1. The Morgan fingerprint density at radius 3 is 2.45 bits per heavy atom. The van der Waals surface area contributed by atoms with Crippen molar-refractivity contribution in [3.8, 4) is 0 Å². The number of nitrogens with one attached hydrogen (secondary N) is 2. The number of hydrogen-bond donors (Lipinski definition) is 2. The van der Waals surface area contributed by atoms with Gasteiger partial charge < -0.3 is 19.9 Å². The molecule has 2 N–H and O–H groups in total. The molecule has 1 aromatic rings. The van der Waals surface area contributed by atoms with Crippen LogP contribution in [-0.4, -0.2) is 33.9 Å². The number of carbonyl (C=O) groups is 1. The van der Waals surface area contributed by atoms with Crippen LogP contribution >= 0.6 is 0 Å². The van der Waals surface area contributed by atoms with Gasteiger partial charge in [0.1, 0.15) is 5.60 Å². The summed E-state index contributed by atoms with van der Waals surface area (Å²) in [5, 5.41) is 10.1. The number of hydrogen-bond acceptors (Lipinski definition) is 6. The average Bonchev–Trinajstić information content (AvgIpc) is 2.81. The lowest BCUT2D eigenvalue weighted by Gasteiger charge is -2.30. The van der Waals surface area contributed by atoms with Crippen LogP contribution in [-0.2, 0) is 11.3 Å². The predicted octanol–water partition coefficient (Wildman–Crippen LogP) is 2.30. The first-order valence-electron chi connectivity index (χ1n) is 7.84. The van der Waals surface area contributed by atoms with E-state index in [0.29, 0.717) is 24.3 Å². The minimum atomic E-state index is -0.453. The second-order valence-electron chi connectivity index (χ2n) is 6.81. The van der Waals surface area contributed by atoms with Gasteiger partial charge in [-0.2, -0.15) is 4.98 Å². The summed E-state index contributed by atoms with van der Waals surface area (Å²) in [7, 11) is 0. The summed E-state index contributed by atoms with van der Waals surface area (Å²) in [4.78, 5) is 15.9. The normalized spacial score (nSPS) is 22.4. The Morgan fingerprint density at radius 1 is 1.27 bits per heavy atom. The Kier molecular flexibility index (Phi) is 5.39. The molecule has 0 saturated heterocycles. The van der Waals surface area contributed by atoms with Gasteiger partial charge in [-0.3, -0.25) is 0 Å². The monoisotopic (exact) mass is 310 g/mol. The van der Waals surface area contributed by atoms with Crippen molar-refractivity contribution in [2.75, 3.05) is 0 Å². The van der Waals surface area contributed by atoms with E-state index >= 15 is 0 Å². The minimum absolute atomic E-state index is 0.193. The Balaban J connectivity index is 1.66. The number of ether oxygens (including phenoxy) is 1. The van der Waals surface area contributed by atoms with Crippen molar-refractivity contribution in [2.45, 2.75) is 77.6 Å². The van der Waals surface area contributed by atoms with E-state index in [1.165, 1.54) is 0 Å². The van der Waals surface area contributed by atoms with Gasteiger partial charge in [-0.05, 0) is 53.4 Å². The Bertz CT molecular complexity index is 487. The standard InChI is InChI=1S/C15H26N4O3/c1-10-17-13(22-19-10)9-16-11-5-7-12(8-6-11)18-14(20)21-15(2,3)4/h11-12,16H,5-9H2,1-4H3,(H,18,20). The fourth-order valence-electron chi connectivity index (χ4n) is 2.56. The van der Waals surface area contributed by atoms with E-state index in [1.807, 2.05) is 20.8 Å². The van der Waals surface area contributed by atoms with Crippen LogP contribution in [0, 0.1) is 6.92 Å². The number of alkyl carbamates (subject to hydrolysis) is 1. The zero-order chi connectivity index (χ0) is 16.2. The minimum Gasteiger partial charge on any atom is -0.444 e. The molecular weight excluding hydrogens is 284 g/mol. The number of nitrogens with zero attached hydrogens (tertiary/aromatic N) is 2. The average molecular weight is 310 g/mol. The highest BCUT2D eigenvalue weighted by atomic mass is 16.6. The van der Waals surface area contributed by atoms with E-state index in [4.69, 9.17) is 9.26 Å². The van der Waals surface area contributed by atoms with Crippen molar-refractivity contribution >= 4 is 6.09 Å². The van der Waals surface area contributed by atoms with Gasteiger partial charge in [0.05, 0.1) is 6.54 Å². The summed E-state index contributed by atoms with van der Waals surface area (Å²) in [6.07, 6.45) is 3.58. The molecule has 0 spiro atoms. The van der Waals surface area contributed by atoms with Gasteiger partial charge in [-0.1, -0.05) is 5.16 Å². The van der Waals surface area contributed by atoms with E-state index in [0.717, 1.165) is 25.7 Å². The molecule has 0 bridgehead atoms. The number of aromatic nitrogens is 2. The molecule has 0 aliphatic heterocycles. The van der Waals surface area contributed by atoms with Crippen molar-refractivity contribution in [3.63, 3.8) is 0 Å². The Morgan fingerprint density at radius 2 is 1.91 bits per heavy atom. The van der Waals surface area contributed by atoms with Crippen LogP contribution < -0.4 is 10.6 Å². The molecule has 0 unspecified atom stereocenters. The first-order chi connectivity index (χ1) is 10.3. The van der Waals surface area contributed by atoms with Crippen LogP contribution in [0.15, 0.2) is 4.52 Å². The molecule has 22 heavy (non-hydrogen) atoms.